The molecule has 6 heteroatoms. The first-order chi connectivity index (χ1) is 14.4. The molecule has 0 fully saturated rings. The van der Waals surface area contributed by atoms with Crippen LogP contribution in [0.25, 0.3) is 6.08 Å². The van der Waals surface area contributed by atoms with Gasteiger partial charge in [-0.15, -0.1) is 0 Å². The lowest BCUT2D eigenvalue weighted by atomic mass is 10.1. The van der Waals surface area contributed by atoms with Gasteiger partial charge in [0, 0.05) is 21.2 Å². The highest BCUT2D eigenvalue weighted by Gasteiger charge is 2.30. The van der Waals surface area contributed by atoms with Crippen LogP contribution in [0.1, 0.15) is 31.8 Å². The number of carbonyl (C=O) groups is 2. The third-order valence-corrected chi connectivity index (χ3v) is 5.28. The Balaban J connectivity index is 1.54. The predicted molar refractivity (Wildman–Crippen MR) is 114 cm³/mol. The van der Waals surface area contributed by atoms with E-state index in [4.69, 9.17) is 9.47 Å². The van der Waals surface area contributed by atoms with E-state index in [1.54, 1.807) is 61.5 Å². The number of ether oxygens (including phenoxy) is 2. The van der Waals surface area contributed by atoms with Crippen molar-refractivity contribution in [3.8, 4) is 11.5 Å². The van der Waals surface area contributed by atoms with Gasteiger partial charge < -0.3 is 9.47 Å². The molecule has 0 saturated heterocycles. The summed E-state index contributed by atoms with van der Waals surface area (Å²) in [6.07, 6.45) is 1.38. The summed E-state index contributed by atoms with van der Waals surface area (Å²) in [7, 11) is 0. The first-order valence-corrected chi connectivity index (χ1v) is 9.97. The Kier molecular flexibility index (Phi) is 5.50. The molecular formula is C24H16BrFO4. The molecule has 0 spiro atoms. The first kappa shape index (κ1) is 20.0. The topological polar surface area (TPSA) is 52.6 Å². The van der Waals surface area contributed by atoms with Gasteiger partial charge in [0.2, 0.25) is 5.78 Å². The Labute approximate surface area is 181 Å². The minimum atomic E-state index is -0.440. The highest BCUT2D eigenvalue weighted by Crippen LogP contribution is 2.39. The average molecular weight is 467 g/mol. The van der Waals surface area contributed by atoms with E-state index in [0.29, 0.717) is 28.2 Å². The minimum Gasteiger partial charge on any atom is -0.485 e. The van der Waals surface area contributed by atoms with Crippen LogP contribution in [0.15, 0.2) is 70.9 Å². The fourth-order valence-electron chi connectivity index (χ4n) is 3.12. The normalized spacial score (nSPS) is 13.8. The van der Waals surface area contributed by atoms with Crippen molar-refractivity contribution in [3.63, 3.8) is 0 Å². The summed E-state index contributed by atoms with van der Waals surface area (Å²) in [5, 5.41) is 0. The van der Waals surface area contributed by atoms with E-state index in [-0.39, 0.29) is 29.5 Å². The molecule has 0 radical (unpaired) electrons. The van der Waals surface area contributed by atoms with E-state index in [1.165, 1.54) is 12.1 Å². The summed E-state index contributed by atoms with van der Waals surface area (Å²) in [6.45, 7) is 1.60. The van der Waals surface area contributed by atoms with Crippen LogP contribution in [0.3, 0.4) is 0 Å². The molecule has 150 valence electrons. The molecule has 1 heterocycles. The second-order valence-electron chi connectivity index (χ2n) is 6.75. The molecule has 0 bridgehead atoms. The summed E-state index contributed by atoms with van der Waals surface area (Å²) in [4.78, 5) is 25.0. The van der Waals surface area contributed by atoms with Gasteiger partial charge in [-0.25, -0.2) is 4.39 Å². The second-order valence-corrected chi connectivity index (χ2v) is 7.66. The van der Waals surface area contributed by atoms with Crippen LogP contribution >= 0.6 is 15.9 Å². The monoisotopic (exact) mass is 466 g/mol. The lowest BCUT2D eigenvalue weighted by Gasteiger charge is -2.11. The van der Waals surface area contributed by atoms with Gasteiger partial charge >= 0.3 is 0 Å². The molecule has 3 aromatic carbocycles. The van der Waals surface area contributed by atoms with Crippen LogP contribution < -0.4 is 9.47 Å². The zero-order valence-electron chi connectivity index (χ0n) is 15.9. The van der Waals surface area contributed by atoms with E-state index in [2.05, 4.69) is 15.9 Å². The number of allylic oxidation sites excluding steroid dienone is 1. The van der Waals surface area contributed by atoms with Gasteiger partial charge in [-0.05, 0) is 43.3 Å². The van der Waals surface area contributed by atoms with Gasteiger partial charge in [0.25, 0.3) is 0 Å². The Morgan fingerprint density at radius 3 is 2.57 bits per heavy atom. The smallest absolute Gasteiger partial charge is 0.231 e. The van der Waals surface area contributed by atoms with Crippen molar-refractivity contribution in [1.29, 1.82) is 0 Å². The lowest BCUT2D eigenvalue weighted by Crippen LogP contribution is -2.12. The van der Waals surface area contributed by atoms with Crippen molar-refractivity contribution in [2.75, 3.05) is 6.61 Å². The number of carbonyl (C=O) groups excluding carboxylic acids is 2. The standard InChI is InChI=1S/C24H16BrFO4/c1-14-21(29-13-20(27)15-6-8-17(25)9-7-15)11-10-18-23(28)22(30-24(14)18)12-16-4-2-3-5-19(16)26/h2-12H,13H2,1H3/b22-12-. The number of rotatable bonds is 5. The quantitative estimate of drug-likeness (QED) is 0.353. The van der Waals surface area contributed by atoms with Crippen molar-refractivity contribution in [2.45, 2.75) is 6.92 Å². The van der Waals surface area contributed by atoms with E-state index in [1.807, 2.05) is 0 Å². The summed E-state index contributed by atoms with van der Waals surface area (Å²) in [6, 6.07) is 16.4. The maximum atomic E-state index is 13.9. The molecule has 0 atom stereocenters. The summed E-state index contributed by atoms with van der Waals surface area (Å²) < 4.78 is 26.2. The molecular weight excluding hydrogens is 451 g/mol. The Hall–Kier alpha value is -3.25. The van der Waals surface area contributed by atoms with Crippen LogP contribution in [0.2, 0.25) is 0 Å². The van der Waals surface area contributed by atoms with Crippen LogP contribution in [0, 0.1) is 12.7 Å². The molecule has 1 aliphatic rings. The SMILES string of the molecule is Cc1c(OCC(=O)c2ccc(Br)cc2)ccc2c1O/C(=C\c1ccccc1F)C2=O. The maximum Gasteiger partial charge on any atom is 0.231 e. The Morgan fingerprint density at radius 1 is 1.10 bits per heavy atom. The minimum absolute atomic E-state index is 0.0429. The highest BCUT2D eigenvalue weighted by molar-refractivity contribution is 9.10. The largest absolute Gasteiger partial charge is 0.485 e. The van der Waals surface area contributed by atoms with Gasteiger partial charge in [-0.3, -0.25) is 9.59 Å². The molecule has 4 rings (SSSR count). The Morgan fingerprint density at radius 2 is 1.83 bits per heavy atom. The number of benzene rings is 3. The van der Waals surface area contributed by atoms with Crippen molar-refractivity contribution in [1.82, 2.24) is 0 Å². The van der Waals surface area contributed by atoms with Crippen LogP contribution in [0.5, 0.6) is 11.5 Å². The molecule has 0 amide bonds. The van der Waals surface area contributed by atoms with Gasteiger partial charge in [0.15, 0.2) is 18.1 Å². The average Bonchev–Trinajstić information content (AvgIpc) is 3.06. The van der Waals surface area contributed by atoms with Crippen molar-refractivity contribution in [2.24, 2.45) is 0 Å². The molecule has 0 N–H and O–H groups in total. The zero-order chi connectivity index (χ0) is 21.3. The fourth-order valence-corrected chi connectivity index (χ4v) is 3.38. The van der Waals surface area contributed by atoms with Crippen molar-refractivity contribution >= 4 is 33.6 Å². The molecule has 0 unspecified atom stereocenters. The van der Waals surface area contributed by atoms with E-state index in [0.717, 1.165) is 4.47 Å². The number of fused-ring (bicyclic) bond motifs is 1. The zero-order valence-corrected chi connectivity index (χ0v) is 17.5. The molecule has 30 heavy (non-hydrogen) atoms. The maximum absolute atomic E-state index is 13.9. The molecule has 4 nitrogen and oxygen atoms in total. The number of hydrogen-bond donors (Lipinski definition) is 0. The fraction of sp³-hybridized carbons (Fsp3) is 0.0833. The predicted octanol–water partition coefficient (Wildman–Crippen LogP) is 5.77. The van der Waals surface area contributed by atoms with E-state index < -0.39 is 5.82 Å². The number of hydrogen-bond acceptors (Lipinski definition) is 4. The third kappa shape index (κ3) is 3.91. The molecule has 0 saturated carbocycles. The Bertz CT molecular complexity index is 1180. The summed E-state index contributed by atoms with van der Waals surface area (Å²) in [5.74, 6) is -0.0884. The number of ketones is 2. The summed E-state index contributed by atoms with van der Waals surface area (Å²) >= 11 is 3.33. The van der Waals surface area contributed by atoms with Gasteiger partial charge in [-0.1, -0.05) is 46.3 Å². The van der Waals surface area contributed by atoms with Crippen molar-refractivity contribution < 1.29 is 23.5 Å². The first-order valence-electron chi connectivity index (χ1n) is 9.18. The highest BCUT2D eigenvalue weighted by atomic mass is 79.9. The van der Waals surface area contributed by atoms with Crippen LogP contribution in [0.4, 0.5) is 4.39 Å². The molecule has 0 aliphatic carbocycles. The number of halogens is 2. The number of Topliss-reactive ketones (excluding diaryl/α,β-unsaturated/α-hetero) is 2. The summed E-state index contributed by atoms with van der Waals surface area (Å²) in [5.41, 5.74) is 1.78. The lowest BCUT2D eigenvalue weighted by molar-refractivity contribution is 0.0920. The van der Waals surface area contributed by atoms with Gasteiger partial charge in [0.1, 0.15) is 17.3 Å². The second kappa shape index (κ2) is 8.24. The molecule has 0 aromatic heterocycles. The van der Waals surface area contributed by atoms with Crippen LogP contribution in [-0.2, 0) is 0 Å². The van der Waals surface area contributed by atoms with Gasteiger partial charge in [-0.2, -0.15) is 0 Å². The van der Waals surface area contributed by atoms with Crippen molar-refractivity contribution in [3.05, 3.63) is 99.0 Å². The van der Waals surface area contributed by atoms with Crippen LogP contribution in [-0.4, -0.2) is 18.2 Å². The van der Waals surface area contributed by atoms with E-state index in [9.17, 15) is 14.0 Å². The van der Waals surface area contributed by atoms with Gasteiger partial charge in [0.05, 0.1) is 5.56 Å². The molecule has 3 aromatic rings. The molecule has 1 aliphatic heterocycles. The van der Waals surface area contributed by atoms with E-state index >= 15 is 0 Å². The third-order valence-electron chi connectivity index (χ3n) is 4.75.